The average Bonchev–Trinajstić information content (AvgIpc) is 2.60. The van der Waals surface area contributed by atoms with Gasteiger partial charge in [-0.1, -0.05) is 6.92 Å². The maximum absolute atomic E-state index is 12.1. The summed E-state index contributed by atoms with van der Waals surface area (Å²) in [6.07, 6.45) is 1.72. The van der Waals surface area contributed by atoms with Crippen LogP contribution in [0.3, 0.4) is 0 Å². The molecule has 0 aromatic rings. The van der Waals surface area contributed by atoms with Crippen LogP contribution in [-0.2, 0) is 9.59 Å². The zero-order chi connectivity index (χ0) is 15.3. The maximum atomic E-state index is 12.1. The van der Waals surface area contributed by atoms with Crippen LogP contribution in [0.4, 0.5) is 4.79 Å². The summed E-state index contributed by atoms with van der Waals surface area (Å²) in [5.74, 6) is -0.748. The number of carbonyl (C=O) groups is 3. The lowest BCUT2D eigenvalue weighted by atomic mass is 9.99. The fourth-order valence-corrected chi connectivity index (χ4v) is 2.06. The highest BCUT2D eigenvalue weighted by molar-refractivity contribution is 6.08. The molecule has 2 atom stereocenters. The first-order valence-corrected chi connectivity index (χ1v) is 6.88. The van der Waals surface area contributed by atoms with E-state index in [4.69, 9.17) is 5.11 Å². The van der Waals surface area contributed by atoms with E-state index in [0.29, 0.717) is 19.3 Å². The lowest BCUT2D eigenvalue weighted by molar-refractivity contribution is -0.134. The highest BCUT2D eigenvalue weighted by Gasteiger charge is 2.46. The molecule has 0 radical (unpaired) electrons. The number of nitrogens with one attached hydrogen (secondary N) is 2. The Balaban J connectivity index is 2.54. The molecule has 1 saturated heterocycles. The second-order valence-corrected chi connectivity index (χ2v) is 5.34. The summed E-state index contributed by atoms with van der Waals surface area (Å²) in [5, 5.41) is 14.0. The summed E-state index contributed by atoms with van der Waals surface area (Å²) in [4.78, 5) is 36.6. The van der Waals surface area contributed by atoms with Gasteiger partial charge in [0.05, 0.1) is 0 Å². The number of hydrogen-bond donors (Lipinski definition) is 3. The van der Waals surface area contributed by atoms with Crippen LogP contribution < -0.4 is 10.6 Å². The van der Waals surface area contributed by atoms with Gasteiger partial charge in [-0.3, -0.25) is 14.5 Å². The topological polar surface area (TPSA) is 98.7 Å². The quantitative estimate of drug-likeness (QED) is 0.573. The number of aliphatic hydroxyl groups excluding tert-OH is 1. The van der Waals surface area contributed by atoms with Crippen molar-refractivity contribution >= 4 is 17.8 Å². The maximum Gasteiger partial charge on any atom is 0.325 e. The highest BCUT2D eigenvalue weighted by Crippen LogP contribution is 2.20. The molecular formula is C13H23N3O4. The second-order valence-electron chi connectivity index (χ2n) is 5.34. The zero-order valence-electron chi connectivity index (χ0n) is 12.2. The van der Waals surface area contributed by atoms with Gasteiger partial charge in [0, 0.05) is 12.6 Å². The molecule has 0 bridgehead atoms. The first-order valence-electron chi connectivity index (χ1n) is 6.88. The van der Waals surface area contributed by atoms with E-state index in [1.165, 1.54) is 0 Å². The fourth-order valence-electron chi connectivity index (χ4n) is 2.06. The number of imide groups is 1. The summed E-state index contributed by atoms with van der Waals surface area (Å²) < 4.78 is 0. The summed E-state index contributed by atoms with van der Waals surface area (Å²) in [7, 11) is 0. The Bertz CT molecular complexity index is 399. The van der Waals surface area contributed by atoms with Crippen molar-refractivity contribution in [2.45, 2.75) is 51.6 Å². The minimum atomic E-state index is -0.917. The van der Waals surface area contributed by atoms with Gasteiger partial charge in [0.2, 0.25) is 5.91 Å². The van der Waals surface area contributed by atoms with E-state index in [-0.39, 0.29) is 31.0 Å². The lowest BCUT2D eigenvalue weighted by Gasteiger charge is -2.19. The molecule has 1 aliphatic heterocycles. The zero-order valence-corrected chi connectivity index (χ0v) is 12.2. The van der Waals surface area contributed by atoms with Crippen LogP contribution in [0.25, 0.3) is 0 Å². The van der Waals surface area contributed by atoms with E-state index < -0.39 is 11.6 Å². The molecule has 114 valence electrons. The number of amides is 4. The van der Waals surface area contributed by atoms with E-state index in [0.717, 1.165) is 4.90 Å². The summed E-state index contributed by atoms with van der Waals surface area (Å²) in [6.45, 7) is 5.06. The molecule has 20 heavy (non-hydrogen) atoms. The van der Waals surface area contributed by atoms with Crippen molar-refractivity contribution in [3.8, 4) is 0 Å². The Hall–Kier alpha value is -1.63. The molecule has 1 rings (SSSR count). The molecule has 0 spiro atoms. The number of hydrogen-bond acceptors (Lipinski definition) is 4. The molecule has 0 aromatic carbocycles. The van der Waals surface area contributed by atoms with Crippen LogP contribution in [0, 0.1) is 0 Å². The molecule has 0 saturated carbocycles. The summed E-state index contributed by atoms with van der Waals surface area (Å²) in [6, 6.07) is -0.634. The summed E-state index contributed by atoms with van der Waals surface area (Å²) >= 11 is 0. The first-order chi connectivity index (χ1) is 9.34. The minimum absolute atomic E-state index is 0.0715. The van der Waals surface area contributed by atoms with Gasteiger partial charge in [-0.2, -0.15) is 0 Å². The van der Waals surface area contributed by atoms with Gasteiger partial charge in [-0.05, 0) is 33.1 Å². The Morgan fingerprint density at radius 2 is 2.15 bits per heavy atom. The molecule has 1 fully saturated rings. The van der Waals surface area contributed by atoms with Gasteiger partial charge in [0.25, 0.3) is 5.91 Å². The number of aliphatic hydroxyl groups is 1. The number of carbonyl (C=O) groups excluding carboxylic acids is 3. The van der Waals surface area contributed by atoms with Crippen molar-refractivity contribution < 1.29 is 19.5 Å². The molecule has 0 aliphatic carbocycles. The van der Waals surface area contributed by atoms with Crippen molar-refractivity contribution in [3.05, 3.63) is 0 Å². The van der Waals surface area contributed by atoms with Crippen LogP contribution in [0.5, 0.6) is 0 Å². The normalized spacial score (nSPS) is 23.7. The van der Waals surface area contributed by atoms with Crippen molar-refractivity contribution in [1.82, 2.24) is 15.5 Å². The Kier molecular flexibility index (Phi) is 5.50. The van der Waals surface area contributed by atoms with Gasteiger partial charge in [0.15, 0.2) is 0 Å². The largest absolute Gasteiger partial charge is 0.396 e. The third-order valence-corrected chi connectivity index (χ3v) is 3.56. The smallest absolute Gasteiger partial charge is 0.325 e. The van der Waals surface area contributed by atoms with Crippen molar-refractivity contribution in [2.24, 2.45) is 0 Å². The molecule has 1 heterocycles. The monoisotopic (exact) mass is 285 g/mol. The lowest BCUT2D eigenvalue weighted by Crippen LogP contribution is -2.45. The Morgan fingerprint density at radius 1 is 1.50 bits per heavy atom. The average molecular weight is 285 g/mol. The number of rotatable bonds is 7. The molecule has 4 amide bonds. The standard InChI is InChI=1S/C13H23N3O4/c1-4-13(3)11(19)16(12(20)15-13)8-10(18)14-9(2)6-5-7-17/h9,17H,4-8H2,1-3H3,(H,14,18)(H,15,20). The predicted octanol–water partition coefficient (Wildman–Crippen LogP) is -0.0159. The summed E-state index contributed by atoms with van der Waals surface area (Å²) in [5.41, 5.74) is -0.917. The van der Waals surface area contributed by atoms with Gasteiger partial charge < -0.3 is 15.7 Å². The third-order valence-electron chi connectivity index (χ3n) is 3.56. The molecule has 1 aliphatic rings. The van der Waals surface area contributed by atoms with Crippen molar-refractivity contribution in [3.63, 3.8) is 0 Å². The van der Waals surface area contributed by atoms with Crippen molar-refractivity contribution in [1.29, 1.82) is 0 Å². The minimum Gasteiger partial charge on any atom is -0.396 e. The van der Waals surface area contributed by atoms with Crippen LogP contribution in [-0.4, -0.2) is 52.6 Å². The molecular weight excluding hydrogens is 262 g/mol. The van der Waals surface area contributed by atoms with Crippen LogP contribution in [0.15, 0.2) is 0 Å². The Morgan fingerprint density at radius 3 is 2.65 bits per heavy atom. The van der Waals surface area contributed by atoms with E-state index in [2.05, 4.69) is 10.6 Å². The van der Waals surface area contributed by atoms with Crippen LogP contribution in [0.1, 0.15) is 40.0 Å². The molecule has 0 aromatic heterocycles. The van der Waals surface area contributed by atoms with E-state index >= 15 is 0 Å². The number of nitrogens with zero attached hydrogens (tertiary/aromatic N) is 1. The predicted molar refractivity (Wildman–Crippen MR) is 72.9 cm³/mol. The molecule has 7 heteroatoms. The van der Waals surface area contributed by atoms with Crippen LogP contribution in [0.2, 0.25) is 0 Å². The van der Waals surface area contributed by atoms with Gasteiger partial charge in [-0.25, -0.2) is 4.79 Å². The first kappa shape index (κ1) is 16.4. The van der Waals surface area contributed by atoms with E-state index in [9.17, 15) is 14.4 Å². The highest BCUT2D eigenvalue weighted by atomic mass is 16.3. The van der Waals surface area contributed by atoms with Gasteiger partial charge in [-0.15, -0.1) is 0 Å². The molecule has 2 unspecified atom stereocenters. The van der Waals surface area contributed by atoms with Gasteiger partial charge >= 0.3 is 6.03 Å². The SMILES string of the molecule is CCC1(C)NC(=O)N(CC(=O)NC(C)CCCO)C1=O. The van der Waals surface area contributed by atoms with E-state index in [1.54, 1.807) is 13.8 Å². The fraction of sp³-hybridized carbons (Fsp3) is 0.769. The number of urea groups is 1. The Labute approximate surface area is 118 Å². The second kappa shape index (κ2) is 6.69. The van der Waals surface area contributed by atoms with E-state index in [1.807, 2.05) is 6.92 Å². The molecule has 7 nitrogen and oxygen atoms in total. The van der Waals surface area contributed by atoms with Gasteiger partial charge in [0.1, 0.15) is 12.1 Å². The third kappa shape index (κ3) is 3.69. The van der Waals surface area contributed by atoms with Crippen LogP contribution >= 0.6 is 0 Å². The molecule has 3 N–H and O–H groups in total. The van der Waals surface area contributed by atoms with Crippen molar-refractivity contribution in [2.75, 3.05) is 13.2 Å².